The third-order valence-corrected chi connectivity index (χ3v) is 2.73. The van der Waals surface area contributed by atoms with Crippen LogP contribution >= 0.6 is 11.8 Å². The van der Waals surface area contributed by atoms with Gasteiger partial charge in [0.05, 0.1) is 12.6 Å². The molecular weight excluding hydrogens is 212 g/mol. The highest BCUT2D eigenvalue weighted by atomic mass is 32.2. The van der Waals surface area contributed by atoms with Gasteiger partial charge in [0.15, 0.2) is 5.69 Å². The van der Waals surface area contributed by atoms with Crippen molar-refractivity contribution in [2.24, 2.45) is 0 Å². The number of thioether (sulfide) groups is 1. The van der Waals surface area contributed by atoms with E-state index in [-0.39, 0.29) is 11.9 Å². The predicted octanol–water partition coefficient (Wildman–Crippen LogP) is 0.546. The van der Waals surface area contributed by atoms with E-state index < -0.39 is 0 Å². The Labute approximate surface area is 91.1 Å². The fourth-order valence-corrected chi connectivity index (χ4v) is 1.49. The van der Waals surface area contributed by atoms with Crippen LogP contribution in [-0.2, 0) is 0 Å². The molecule has 76 valence electrons. The fraction of sp³-hybridized carbons (Fsp3) is 0.333. The Bertz CT molecular complexity index is 425. The topological polar surface area (TPSA) is 69.7 Å². The Morgan fingerprint density at radius 3 is 2.93 bits per heavy atom. The molecule has 1 saturated heterocycles. The predicted molar refractivity (Wildman–Crippen MR) is 54.3 cm³/mol. The van der Waals surface area contributed by atoms with E-state index in [0.29, 0.717) is 12.2 Å². The molecule has 1 aliphatic heterocycles. The minimum atomic E-state index is -0.278. The van der Waals surface area contributed by atoms with Crippen LogP contribution in [-0.4, -0.2) is 39.8 Å². The summed E-state index contributed by atoms with van der Waals surface area (Å²) in [6.45, 7) is 0.501. The minimum absolute atomic E-state index is 0.221. The van der Waals surface area contributed by atoms with Gasteiger partial charge >= 0.3 is 0 Å². The van der Waals surface area contributed by atoms with E-state index in [9.17, 15) is 4.79 Å². The molecule has 2 heterocycles. The second-order valence-corrected chi connectivity index (χ2v) is 3.89. The van der Waals surface area contributed by atoms with Crippen LogP contribution in [0.1, 0.15) is 10.5 Å². The summed E-state index contributed by atoms with van der Waals surface area (Å²) in [5.41, 5.74) is 0.297. The van der Waals surface area contributed by atoms with Crippen molar-refractivity contribution in [3.63, 3.8) is 0 Å². The first-order valence-corrected chi connectivity index (χ1v) is 5.57. The van der Waals surface area contributed by atoms with E-state index in [1.807, 2.05) is 12.3 Å². The molecule has 1 fully saturated rings. The minimum Gasteiger partial charge on any atom is -0.316 e. The quantitative estimate of drug-likeness (QED) is 0.537. The molecular formula is C9H8N4OS. The molecule has 1 amide bonds. The van der Waals surface area contributed by atoms with E-state index in [2.05, 4.69) is 10.2 Å². The van der Waals surface area contributed by atoms with E-state index >= 15 is 0 Å². The number of hydrogen-bond acceptors (Lipinski definition) is 5. The van der Waals surface area contributed by atoms with Crippen LogP contribution < -0.4 is 0 Å². The normalized spacial score (nSPS) is 18.4. The summed E-state index contributed by atoms with van der Waals surface area (Å²) in [4.78, 5) is 13.1. The van der Waals surface area contributed by atoms with Gasteiger partial charge in [0, 0.05) is 0 Å². The standard InChI is InChI=1S/C9H8N4OS/c1-15-8-3-2-7(11-12-8)9(14)13-5-6(13)4-10/h2-3,6H,5H2,1H3. The summed E-state index contributed by atoms with van der Waals surface area (Å²) in [6.07, 6.45) is 1.89. The lowest BCUT2D eigenvalue weighted by atomic mass is 10.4. The largest absolute Gasteiger partial charge is 0.316 e. The van der Waals surface area contributed by atoms with Gasteiger partial charge in [0.2, 0.25) is 0 Å². The van der Waals surface area contributed by atoms with Gasteiger partial charge in [-0.25, -0.2) is 0 Å². The first-order chi connectivity index (χ1) is 7.26. The molecule has 0 saturated carbocycles. The molecule has 1 aromatic heterocycles. The van der Waals surface area contributed by atoms with E-state index in [4.69, 9.17) is 5.26 Å². The number of amides is 1. The molecule has 2 rings (SSSR count). The molecule has 1 aromatic rings. The van der Waals surface area contributed by atoms with Crippen LogP contribution in [0.3, 0.4) is 0 Å². The molecule has 0 radical (unpaired) electrons. The highest BCUT2D eigenvalue weighted by Crippen LogP contribution is 2.19. The maximum Gasteiger partial charge on any atom is 0.275 e. The number of nitriles is 1. The zero-order valence-corrected chi connectivity index (χ0v) is 8.86. The van der Waals surface area contributed by atoms with Crippen molar-refractivity contribution < 1.29 is 4.79 Å². The molecule has 0 spiro atoms. The van der Waals surface area contributed by atoms with Gasteiger partial charge < -0.3 is 4.90 Å². The highest BCUT2D eigenvalue weighted by molar-refractivity contribution is 7.98. The molecule has 0 bridgehead atoms. The molecule has 6 heteroatoms. The van der Waals surface area contributed by atoms with Gasteiger partial charge in [-0.1, -0.05) is 0 Å². The molecule has 0 aliphatic carbocycles. The van der Waals surface area contributed by atoms with Gasteiger partial charge in [-0.3, -0.25) is 4.79 Å². The maximum atomic E-state index is 11.6. The third kappa shape index (κ3) is 1.92. The van der Waals surface area contributed by atoms with Crippen molar-refractivity contribution in [1.29, 1.82) is 5.26 Å². The SMILES string of the molecule is CSc1ccc(C(=O)N2CC2C#N)nn1. The molecule has 5 nitrogen and oxygen atoms in total. The number of carbonyl (C=O) groups excluding carboxylic acids is 1. The zero-order valence-electron chi connectivity index (χ0n) is 8.04. The summed E-state index contributed by atoms with van der Waals surface area (Å²) in [7, 11) is 0. The van der Waals surface area contributed by atoms with Gasteiger partial charge in [-0.2, -0.15) is 5.26 Å². The summed E-state index contributed by atoms with van der Waals surface area (Å²) < 4.78 is 0. The van der Waals surface area contributed by atoms with Crippen LogP contribution in [0.5, 0.6) is 0 Å². The zero-order chi connectivity index (χ0) is 10.8. The summed E-state index contributed by atoms with van der Waals surface area (Å²) in [6, 6.07) is 5.12. The Hall–Kier alpha value is -1.61. The fourth-order valence-electron chi connectivity index (χ4n) is 1.16. The molecule has 15 heavy (non-hydrogen) atoms. The van der Waals surface area contributed by atoms with Crippen LogP contribution in [0.15, 0.2) is 17.2 Å². The van der Waals surface area contributed by atoms with Gasteiger partial charge in [0.25, 0.3) is 5.91 Å². The highest BCUT2D eigenvalue weighted by Gasteiger charge is 2.39. The van der Waals surface area contributed by atoms with Crippen molar-refractivity contribution in [2.45, 2.75) is 11.1 Å². The second kappa shape index (κ2) is 3.87. The lowest BCUT2D eigenvalue weighted by Gasteiger charge is -2.00. The summed E-state index contributed by atoms with van der Waals surface area (Å²) in [5, 5.41) is 17.0. The maximum absolute atomic E-state index is 11.6. The van der Waals surface area contributed by atoms with Crippen molar-refractivity contribution in [2.75, 3.05) is 12.8 Å². The average Bonchev–Trinajstić information content (AvgIpc) is 3.07. The third-order valence-electron chi connectivity index (χ3n) is 2.09. The molecule has 1 unspecified atom stereocenters. The lowest BCUT2D eigenvalue weighted by Crippen LogP contribution is -2.15. The Kier molecular flexibility index (Phi) is 2.56. The van der Waals surface area contributed by atoms with Crippen molar-refractivity contribution in [3.05, 3.63) is 17.8 Å². The average molecular weight is 220 g/mol. The van der Waals surface area contributed by atoms with Crippen molar-refractivity contribution >= 4 is 17.7 Å². The van der Waals surface area contributed by atoms with E-state index in [0.717, 1.165) is 5.03 Å². The molecule has 1 aliphatic rings. The smallest absolute Gasteiger partial charge is 0.275 e. The summed E-state index contributed by atoms with van der Waals surface area (Å²) >= 11 is 1.47. The Morgan fingerprint density at radius 1 is 1.67 bits per heavy atom. The molecule has 0 N–H and O–H groups in total. The number of carbonyl (C=O) groups is 1. The van der Waals surface area contributed by atoms with Gasteiger partial charge in [0.1, 0.15) is 11.1 Å². The lowest BCUT2D eigenvalue weighted by molar-refractivity contribution is 0.0873. The monoisotopic (exact) mass is 220 g/mol. The van der Waals surface area contributed by atoms with Crippen LogP contribution in [0, 0.1) is 11.3 Å². The van der Waals surface area contributed by atoms with Crippen molar-refractivity contribution in [3.8, 4) is 6.07 Å². The van der Waals surface area contributed by atoms with Crippen LogP contribution in [0.2, 0.25) is 0 Å². The van der Waals surface area contributed by atoms with E-state index in [1.54, 1.807) is 12.1 Å². The number of rotatable bonds is 2. The Morgan fingerprint density at radius 2 is 2.47 bits per heavy atom. The molecule has 1 atom stereocenters. The summed E-state index contributed by atoms with van der Waals surface area (Å²) in [5.74, 6) is -0.221. The number of nitrogens with zero attached hydrogens (tertiary/aromatic N) is 4. The molecule has 0 aromatic carbocycles. The number of aromatic nitrogens is 2. The first kappa shape index (κ1) is 9.93. The van der Waals surface area contributed by atoms with Gasteiger partial charge in [-0.05, 0) is 18.4 Å². The van der Waals surface area contributed by atoms with Crippen molar-refractivity contribution in [1.82, 2.24) is 15.1 Å². The van der Waals surface area contributed by atoms with Crippen LogP contribution in [0.25, 0.3) is 0 Å². The number of hydrogen-bond donors (Lipinski definition) is 0. The van der Waals surface area contributed by atoms with Crippen LogP contribution in [0.4, 0.5) is 0 Å². The first-order valence-electron chi connectivity index (χ1n) is 4.34. The van der Waals surface area contributed by atoms with E-state index in [1.165, 1.54) is 16.7 Å². The Balaban J connectivity index is 2.11. The van der Waals surface area contributed by atoms with Gasteiger partial charge in [-0.15, -0.1) is 22.0 Å². The second-order valence-electron chi connectivity index (χ2n) is 3.06.